The highest BCUT2D eigenvalue weighted by Crippen LogP contribution is 2.29. The third-order valence-electron chi connectivity index (χ3n) is 2.50. The zero-order valence-electron chi connectivity index (χ0n) is 8.16. The van der Waals surface area contributed by atoms with Gasteiger partial charge in [-0.3, -0.25) is 0 Å². The van der Waals surface area contributed by atoms with Crippen molar-refractivity contribution in [3.05, 3.63) is 17.5 Å². The average molecular weight is 219 g/mol. The lowest BCUT2D eigenvalue weighted by atomic mass is 9.88. The number of hydrogen-bond acceptors (Lipinski definition) is 4. The Morgan fingerprint density at radius 2 is 2.07 bits per heavy atom. The first kappa shape index (κ1) is 11.5. The Labute approximate surface area is 89.2 Å². The maximum Gasteiger partial charge on any atom is 0.156 e. The molecule has 0 bridgehead atoms. The maximum atomic E-state index is 6.18. The highest BCUT2D eigenvalue weighted by atomic mass is 35.5. The lowest BCUT2D eigenvalue weighted by molar-refractivity contribution is 0.0421. The summed E-state index contributed by atoms with van der Waals surface area (Å²) in [6.07, 6.45) is 1.61. The Morgan fingerprint density at radius 1 is 1.43 bits per heavy atom. The van der Waals surface area contributed by atoms with Crippen LogP contribution >= 0.6 is 12.4 Å². The van der Waals surface area contributed by atoms with Crippen LogP contribution in [-0.4, -0.2) is 18.4 Å². The van der Waals surface area contributed by atoms with Gasteiger partial charge in [-0.2, -0.15) is 0 Å². The molecule has 0 spiro atoms. The zero-order chi connectivity index (χ0) is 9.31. The minimum atomic E-state index is -0.362. The van der Waals surface area contributed by atoms with Crippen molar-refractivity contribution in [1.29, 1.82) is 0 Å². The summed E-state index contributed by atoms with van der Waals surface area (Å²) in [6.45, 7) is 3.31. The van der Waals surface area contributed by atoms with E-state index in [1.165, 1.54) is 0 Å². The van der Waals surface area contributed by atoms with E-state index in [-0.39, 0.29) is 17.9 Å². The Bertz CT molecular complexity index is 295. The Hall–Kier alpha value is -0.580. The number of rotatable bonds is 1. The quantitative estimate of drug-likeness (QED) is 0.774. The van der Waals surface area contributed by atoms with Gasteiger partial charge < -0.3 is 15.0 Å². The molecule has 2 N–H and O–H groups in total. The number of hydrogen-bond donors (Lipinski definition) is 1. The van der Waals surface area contributed by atoms with Gasteiger partial charge in [0.15, 0.2) is 5.76 Å². The molecule has 1 aromatic heterocycles. The summed E-state index contributed by atoms with van der Waals surface area (Å²) in [5, 5.41) is 3.84. The summed E-state index contributed by atoms with van der Waals surface area (Å²) in [7, 11) is 0. The van der Waals surface area contributed by atoms with Crippen LogP contribution in [0.25, 0.3) is 0 Å². The summed E-state index contributed by atoms with van der Waals surface area (Å²) >= 11 is 0. The molecule has 0 atom stereocenters. The number of aromatic nitrogens is 1. The molecule has 0 aromatic carbocycles. The third kappa shape index (κ3) is 2.08. The predicted molar refractivity (Wildman–Crippen MR) is 54.4 cm³/mol. The maximum absolute atomic E-state index is 6.18. The second-order valence-corrected chi connectivity index (χ2v) is 3.60. The van der Waals surface area contributed by atoms with Crippen LogP contribution in [0.2, 0.25) is 0 Å². The van der Waals surface area contributed by atoms with Gasteiger partial charge in [0.05, 0.1) is 11.2 Å². The molecule has 1 aliphatic rings. The van der Waals surface area contributed by atoms with Crippen molar-refractivity contribution < 1.29 is 9.26 Å². The monoisotopic (exact) mass is 218 g/mol. The van der Waals surface area contributed by atoms with Gasteiger partial charge in [0.1, 0.15) is 0 Å². The fraction of sp³-hybridized carbons (Fsp3) is 0.667. The predicted octanol–water partition coefficient (Wildman–Crippen LogP) is 1.37. The molecule has 4 nitrogen and oxygen atoms in total. The first-order valence-electron chi connectivity index (χ1n) is 4.51. The molecule has 0 aliphatic carbocycles. The molecule has 0 saturated carbocycles. The van der Waals surface area contributed by atoms with Crippen molar-refractivity contribution in [2.45, 2.75) is 25.3 Å². The van der Waals surface area contributed by atoms with E-state index in [1.54, 1.807) is 0 Å². The fourth-order valence-electron chi connectivity index (χ4n) is 1.58. The largest absolute Gasteiger partial charge is 0.381 e. The van der Waals surface area contributed by atoms with E-state index in [1.807, 2.05) is 13.0 Å². The topological polar surface area (TPSA) is 61.3 Å². The lowest BCUT2D eigenvalue weighted by Crippen LogP contribution is -2.41. The van der Waals surface area contributed by atoms with Gasteiger partial charge >= 0.3 is 0 Å². The zero-order valence-corrected chi connectivity index (χ0v) is 8.97. The van der Waals surface area contributed by atoms with Gasteiger partial charge in [-0.15, -0.1) is 12.4 Å². The Morgan fingerprint density at radius 3 is 2.57 bits per heavy atom. The summed E-state index contributed by atoms with van der Waals surface area (Å²) < 4.78 is 10.4. The molecule has 1 saturated heterocycles. The fourth-order valence-corrected chi connectivity index (χ4v) is 1.58. The van der Waals surface area contributed by atoms with Crippen LogP contribution in [0.1, 0.15) is 24.3 Å². The average Bonchev–Trinajstić information content (AvgIpc) is 2.54. The van der Waals surface area contributed by atoms with Crippen molar-refractivity contribution >= 4 is 12.4 Å². The number of halogens is 1. The van der Waals surface area contributed by atoms with Crippen LogP contribution in [0, 0.1) is 6.92 Å². The van der Waals surface area contributed by atoms with Crippen molar-refractivity contribution in [1.82, 2.24) is 5.16 Å². The molecule has 80 valence electrons. The molecular weight excluding hydrogens is 204 g/mol. The second-order valence-electron chi connectivity index (χ2n) is 3.60. The third-order valence-corrected chi connectivity index (χ3v) is 2.50. The summed E-state index contributed by atoms with van der Waals surface area (Å²) in [4.78, 5) is 0. The van der Waals surface area contributed by atoms with E-state index in [4.69, 9.17) is 15.0 Å². The van der Waals surface area contributed by atoms with E-state index in [0.717, 1.165) is 24.3 Å². The van der Waals surface area contributed by atoms with Crippen LogP contribution in [0.3, 0.4) is 0 Å². The van der Waals surface area contributed by atoms with Crippen molar-refractivity contribution in [2.75, 3.05) is 13.2 Å². The van der Waals surface area contributed by atoms with E-state index < -0.39 is 0 Å². The highest BCUT2D eigenvalue weighted by molar-refractivity contribution is 5.85. The number of aryl methyl sites for hydroxylation is 1. The summed E-state index contributed by atoms with van der Waals surface area (Å²) in [5.41, 5.74) is 6.70. The summed E-state index contributed by atoms with van der Waals surface area (Å²) in [5.74, 6) is 0.785. The number of nitrogens with two attached hydrogens (primary N) is 1. The molecule has 0 unspecified atom stereocenters. The van der Waals surface area contributed by atoms with Crippen LogP contribution in [0.15, 0.2) is 10.6 Å². The second kappa shape index (κ2) is 4.29. The molecular formula is C9H15ClN2O2. The van der Waals surface area contributed by atoms with Gasteiger partial charge in [0, 0.05) is 19.3 Å². The van der Waals surface area contributed by atoms with Crippen LogP contribution in [0.4, 0.5) is 0 Å². The summed E-state index contributed by atoms with van der Waals surface area (Å²) in [6, 6.07) is 1.91. The minimum Gasteiger partial charge on any atom is -0.381 e. The number of ether oxygens (including phenoxy) is 1. The molecule has 2 heterocycles. The molecule has 0 amide bonds. The minimum absolute atomic E-state index is 0. The van der Waals surface area contributed by atoms with Crippen molar-refractivity contribution in [3.63, 3.8) is 0 Å². The van der Waals surface area contributed by atoms with Gasteiger partial charge in [0.2, 0.25) is 0 Å². The molecule has 5 heteroatoms. The first-order chi connectivity index (χ1) is 6.21. The van der Waals surface area contributed by atoms with Gasteiger partial charge in [0.25, 0.3) is 0 Å². The van der Waals surface area contributed by atoms with Crippen molar-refractivity contribution in [3.8, 4) is 0 Å². The molecule has 0 radical (unpaired) electrons. The van der Waals surface area contributed by atoms with E-state index in [0.29, 0.717) is 13.2 Å². The normalized spacial score (nSPS) is 20.1. The van der Waals surface area contributed by atoms with Gasteiger partial charge in [-0.25, -0.2) is 0 Å². The first-order valence-corrected chi connectivity index (χ1v) is 4.51. The molecule has 1 fully saturated rings. The molecule has 1 aliphatic heterocycles. The van der Waals surface area contributed by atoms with E-state index in [2.05, 4.69) is 5.16 Å². The van der Waals surface area contributed by atoms with Gasteiger partial charge in [-0.1, -0.05) is 5.16 Å². The Kier molecular flexibility index (Phi) is 3.53. The van der Waals surface area contributed by atoms with E-state index in [9.17, 15) is 0 Å². The SMILES string of the molecule is Cc1cc(C2(N)CCOCC2)on1.Cl. The smallest absolute Gasteiger partial charge is 0.156 e. The molecule has 1 aromatic rings. The van der Waals surface area contributed by atoms with Gasteiger partial charge in [-0.05, 0) is 19.8 Å². The van der Waals surface area contributed by atoms with E-state index >= 15 is 0 Å². The van der Waals surface area contributed by atoms with Crippen LogP contribution < -0.4 is 5.73 Å². The molecule has 14 heavy (non-hydrogen) atoms. The number of nitrogens with zero attached hydrogens (tertiary/aromatic N) is 1. The highest BCUT2D eigenvalue weighted by Gasteiger charge is 2.33. The standard InChI is InChI=1S/C9H14N2O2.ClH/c1-7-6-8(13-11-7)9(10)2-4-12-5-3-9;/h6H,2-5,10H2,1H3;1H. The van der Waals surface area contributed by atoms with Crippen molar-refractivity contribution in [2.24, 2.45) is 5.73 Å². The van der Waals surface area contributed by atoms with Crippen LogP contribution in [-0.2, 0) is 10.3 Å². The lowest BCUT2D eigenvalue weighted by Gasteiger charge is -2.30. The Balaban J connectivity index is 0.000000980. The van der Waals surface area contributed by atoms with Crippen LogP contribution in [0.5, 0.6) is 0 Å². The molecule has 2 rings (SSSR count).